The largest absolute Gasteiger partial charge is 0.478 e. The van der Waals surface area contributed by atoms with Gasteiger partial charge in [-0.3, -0.25) is 4.57 Å². The van der Waals surface area contributed by atoms with Crippen molar-refractivity contribution in [1.29, 1.82) is 0 Å². The summed E-state index contributed by atoms with van der Waals surface area (Å²) in [4.78, 5) is 25.8. The number of halogens is 4. The van der Waals surface area contributed by atoms with Gasteiger partial charge in [0.15, 0.2) is 5.69 Å². The van der Waals surface area contributed by atoms with E-state index in [1.54, 1.807) is 0 Å². The zero-order valence-electron chi connectivity index (χ0n) is 12.4. The molecule has 1 aromatic heterocycles. The van der Waals surface area contributed by atoms with Gasteiger partial charge >= 0.3 is 17.8 Å². The van der Waals surface area contributed by atoms with E-state index in [2.05, 4.69) is 4.98 Å². The van der Waals surface area contributed by atoms with Crippen LogP contribution < -0.4 is 5.69 Å². The fourth-order valence-corrected chi connectivity index (χ4v) is 2.38. The number of alkyl halides is 3. The molecule has 0 spiro atoms. The van der Waals surface area contributed by atoms with Crippen molar-refractivity contribution in [2.24, 2.45) is 0 Å². The first kappa shape index (κ1) is 18.0. The number of rotatable bonds is 4. The van der Waals surface area contributed by atoms with Crippen molar-refractivity contribution in [3.8, 4) is 0 Å². The Bertz CT molecular complexity index is 847. The third-order valence-corrected chi connectivity index (χ3v) is 3.77. The van der Waals surface area contributed by atoms with Crippen LogP contribution in [0.2, 0.25) is 5.02 Å². The second-order valence-electron chi connectivity index (χ2n) is 5.08. The molecule has 0 aliphatic heterocycles. The summed E-state index contributed by atoms with van der Waals surface area (Å²) >= 11 is 5.99. The summed E-state index contributed by atoms with van der Waals surface area (Å²) in [6.07, 6.45) is -4.52. The highest BCUT2D eigenvalue weighted by atomic mass is 35.5. The van der Waals surface area contributed by atoms with E-state index in [-0.39, 0.29) is 24.2 Å². The van der Waals surface area contributed by atoms with Gasteiger partial charge in [0.25, 0.3) is 0 Å². The van der Waals surface area contributed by atoms with Gasteiger partial charge in [0.1, 0.15) is 0 Å². The zero-order valence-corrected chi connectivity index (χ0v) is 13.1. The minimum Gasteiger partial charge on any atom is -0.478 e. The molecule has 128 valence electrons. The summed E-state index contributed by atoms with van der Waals surface area (Å²) in [7, 11) is 0. The van der Waals surface area contributed by atoms with Crippen LogP contribution >= 0.6 is 11.6 Å². The highest BCUT2D eigenvalue weighted by Crippen LogP contribution is 2.27. The van der Waals surface area contributed by atoms with E-state index in [9.17, 15) is 22.8 Å². The molecule has 0 atom stereocenters. The molecule has 0 fully saturated rings. The summed E-state index contributed by atoms with van der Waals surface area (Å²) in [5, 5.41) is 9.28. The minimum absolute atomic E-state index is 0.0264. The van der Waals surface area contributed by atoms with Gasteiger partial charge in [-0.05, 0) is 43.2 Å². The number of carbonyl (C=O) groups is 1. The van der Waals surface area contributed by atoms with E-state index >= 15 is 0 Å². The van der Waals surface area contributed by atoms with Crippen LogP contribution in [0, 0.1) is 6.92 Å². The Morgan fingerprint density at radius 3 is 2.54 bits per heavy atom. The minimum atomic E-state index is -4.69. The van der Waals surface area contributed by atoms with E-state index in [1.165, 1.54) is 25.1 Å². The third-order valence-electron chi connectivity index (χ3n) is 3.41. The summed E-state index contributed by atoms with van der Waals surface area (Å²) in [6, 6.07) is 4.91. The Labute approximate surface area is 139 Å². The quantitative estimate of drug-likeness (QED) is 0.909. The first-order valence-corrected chi connectivity index (χ1v) is 7.15. The maximum absolute atomic E-state index is 12.6. The molecule has 0 unspecified atom stereocenters. The summed E-state index contributed by atoms with van der Waals surface area (Å²) in [6.45, 7) is 1.40. The van der Waals surface area contributed by atoms with Crippen LogP contribution in [-0.2, 0) is 19.1 Å². The number of nitrogens with zero attached hydrogens (tertiary/aromatic N) is 2. The van der Waals surface area contributed by atoms with Crippen molar-refractivity contribution in [2.75, 3.05) is 0 Å². The molecule has 5 nitrogen and oxygen atoms in total. The topological polar surface area (TPSA) is 72.2 Å². The van der Waals surface area contributed by atoms with Crippen molar-refractivity contribution in [2.45, 2.75) is 26.1 Å². The number of carboxylic acids is 1. The monoisotopic (exact) mass is 360 g/mol. The van der Waals surface area contributed by atoms with Crippen molar-refractivity contribution in [3.63, 3.8) is 0 Å². The summed E-state index contributed by atoms with van der Waals surface area (Å²) in [5.41, 5.74) is -1.65. The van der Waals surface area contributed by atoms with Crippen LogP contribution in [0.4, 0.5) is 13.2 Å². The lowest BCUT2D eigenvalue weighted by Gasteiger charge is -2.13. The van der Waals surface area contributed by atoms with Crippen LogP contribution in [0.25, 0.3) is 0 Å². The average Bonchev–Trinajstić information content (AvgIpc) is 2.46. The molecule has 0 bridgehead atoms. The first-order chi connectivity index (χ1) is 11.1. The van der Waals surface area contributed by atoms with Crippen LogP contribution in [0.5, 0.6) is 0 Å². The highest BCUT2D eigenvalue weighted by molar-refractivity contribution is 6.31. The van der Waals surface area contributed by atoms with Gasteiger partial charge in [0.2, 0.25) is 0 Å². The number of aromatic carboxylic acids is 1. The zero-order chi connectivity index (χ0) is 18.1. The number of benzene rings is 1. The molecule has 0 saturated carbocycles. The molecule has 9 heteroatoms. The fraction of sp³-hybridized carbons (Fsp3) is 0.267. The normalized spacial score (nSPS) is 11.5. The summed E-state index contributed by atoms with van der Waals surface area (Å²) in [5.74, 6) is -1.13. The first-order valence-electron chi connectivity index (χ1n) is 6.77. The average molecular weight is 361 g/mol. The van der Waals surface area contributed by atoms with Gasteiger partial charge in [-0.1, -0.05) is 11.6 Å². The third kappa shape index (κ3) is 3.94. The number of hydrogen-bond donors (Lipinski definition) is 1. The molecule has 0 saturated heterocycles. The molecular weight excluding hydrogens is 349 g/mol. The molecule has 2 aromatic rings. The Kier molecular flexibility index (Phi) is 4.98. The van der Waals surface area contributed by atoms with Crippen molar-refractivity contribution in [1.82, 2.24) is 9.55 Å². The smallest absolute Gasteiger partial charge is 0.433 e. The number of hydrogen-bond acceptors (Lipinski definition) is 3. The van der Waals surface area contributed by atoms with Crippen molar-refractivity contribution in [3.05, 3.63) is 62.3 Å². The molecule has 0 aliphatic rings. The predicted octanol–water partition coefficient (Wildman–Crippen LogP) is 3.16. The highest BCUT2D eigenvalue weighted by Gasteiger charge is 2.33. The molecule has 0 amide bonds. The standard InChI is InChI=1S/C15H12ClF3N2O3/c1-8-6-12(15(17,18)19)20-14(24)21(8)5-4-9-7-10(13(22)23)2-3-11(9)16/h2-3,6-7H,4-5H2,1H3,(H,22,23). The van der Waals surface area contributed by atoms with Gasteiger partial charge in [0, 0.05) is 17.3 Å². The second kappa shape index (κ2) is 6.64. The molecule has 1 heterocycles. The Morgan fingerprint density at radius 1 is 1.33 bits per heavy atom. The number of aromatic nitrogens is 2. The van der Waals surface area contributed by atoms with Gasteiger partial charge in [-0.15, -0.1) is 0 Å². The van der Waals surface area contributed by atoms with Gasteiger partial charge in [0.05, 0.1) is 5.56 Å². The Morgan fingerprint density at radius 2 is 2.00 bits per heavy atom. The van der Waals surface area contributed by atoms with Gasteiger partial charge < -0.3 is 5.11 Å². The lowest BCUT2D eigenvalue weighted by molar-refractivity contribution is -0.141. The van der Waals surface area contributed by atoms with Crippen molar-refractivity contribution >= 4 is 17.6 Å². The van der Waals surface area contributed by atoms with Crippen LogP contribution in [0.1, 0.15) is 27.3 Å². The van der Waals surface area contributed by atoms with Gasteiger partial charge in [-0.25, -0.2) is 9.59 Å². The maximum Gasteiger partial charge on any atom is 0.433 e. The lowest BCUT2D eigenvalue weighted by atomic mass is 10.1. The van der Waals surface area contributed by atoms with E-state index in [0.29, 0.717) is 10.6 Å². The van der Waals surface area contributed by atoms with Crippen molar-refractivity contribution < 1.29 is 23.1 Å². The van der Waals surface area contributed by atoms with E-state index in [0.717, 1.165) is 10.6 Å². The molecule has 1 aromatic carbocycles. The van der Waals surface area contributed by atoms with Crippen LogP contribution in [-0.4, -0.2) is 20.6 Å². The van der Waals surface area contributed by atoms with Crippen LogP contribution in [0.15, 0.2) is 29.1 Å². The Balaban J connectivity index is 2.29. The molecule has 0 aliphatic carbocycles. The molecule has 0 radical (unpaired) electrons. The number of aryl methyl sites for hydroxylation is 2. The lowest BCUT2D eigenvalue weighted by Crippen LogP contribution is -2.29. The Hall–Kier alpha value is -2.35. The number of carboxylic acid groups (broad SMARTS) is 1. The predicted molar refractivity (Wildman–Crippen MR) is 80.4 cm³/mol. The molecular formula is C15H12ClF3N2O3. The van der Waals surface area contributed by atoms with Crippen LogP contribution in [0.3, 0.4) is 0 Å². The molecule has 1 N–H and O–H groups in total. The van der Waals surface area contributed by atoms with E-state index in [4.69, 9.17) is 16.7 Å². The fourth-order valence-electron chi connectivity index (χ4n) is 2.17. The maximum atomic E-state index is 12.6. The molecule has 24 heavy (non-hydrogen) atoms. The van der Waals surface area contributed by atoms with E-state index < -0.39 is 23.5 Å². The SMILES string of the molecule is Cc1cc(C(F)(F)F)nc(=O)n1CCc1cc(C(=O)O)ccc1Cl. The second-order valence-corrected chi connectivity index (χ2v) is 5.48. The summed E-state index contributed by atoms with van der Waals surface area (Å²) < 4.78 is 38.9. The van der Waals surface area contributed by atoms with Gasteiger partial charge in [-0.2, -0.15) is 18.2 Å². The molecule has 2 rings (SSSR count). The van der Waals surface area contributed by atoms with E-state index in [1.807, 2.05) is 0 Å².